The van der Waals surface area contributed by atoms with Crippen LogP contribution in [0.4, 0.5) is 9.59 Å². The van der Waals surface area contributed by atoms with Gasteiger partial charge in [-0.1, -0.05) is 21.6 Å². The molecule has 0 aliphatic heterocycles. The molecule has 240 valence electrons. The van der Waals surface area contributed by atoms with Crippen LogP contribution in [0.5, 0.6) is 0 Å². The molecule has 1 rings (SSSR count). The molecule has 13 nitrogen and oxygen atoms in total. The van der Waals surface area contributed by atoms with Gasteiger partial charge in [0, 0.05) is 30.5 Å². The lowest BCUT2D eigenvalue weighted by Gasteiger charge is -2.21. The van der Waals surface area contributed by atoms with Gasteiger partial charge in [-0.05, 0) is 68.7 Å². The standard InChI is InChI=1S/C16H25N3O6.C11H20O4S2/c1-15(2,3)24-13(22)18-11(12(20)21)7-10-8-19(9-17-10)14(23)25-16(4,5)6;1-11(2,3)15-10(14)5-4-7-16-17-8-6-9(12)13/h8-9,11H,7H2,1-6H3,(H,18,22)(H,20,21);4-8H2,1-3H3,(H,12,13). The first kappa shape index (κ1) is 39.1. The van der Waals surface area contributed by atoms with Gasteiger partial charge in [0.2, 0.25) is 0 Å². The van der Waals surface area contributed by atoms with Crippen LogP contribution in [0, 0.1) is 0 Å². The molecule has 0 saturated carbocycles. The number of nitrogens with zero attached hydrogens (tertiary/aromatic N) is 2. The average Bonchev–Trinajstić information content (AvgIpc) is 3.23. The van der Waals surface area contributed by atoms with E-state index in [1.165, 1.54) is 23.3 Å². The molecule has 0 aromatic carbocycles. The predicted molar refractivity (Wildman–Crippen MR) is 161 cm³/mol. The Balaban J connectivity index is 0.000000865. The lowest BCUT2D eigenvalue weighted by molar-refractivity contribution is -0.154. The number of amides is 1. The predicted octanol–water partition coefficient (Wildman–Crippen LogP) is 5.15. The zero-order valence-electron chi connectivity index (χ0n) is 25.8. The van der Waals surface area contributed by atoms with Gasteiger partial charge in [0.05, 0.1) is 12.1 Å². The number of hydrogen-bond acceptors (Lipinski definition) is 11. The minimum atomic E-state index is -1.24. The van der Waals surface area contributed by atoms with Crippen LogP contribution in [0.2, 0.25) is 0 Å². The van der Waals surface area contributed by atoms with E-state index in [1.54, 1.807) is 52.3 Å². The molecular formula is C27H45N3O10S2. The van der Waals surface area contributed by atoms with Crippen molar-refractivity contribution in [1.29, 1.82) is 0 Å². The van der Waals surface area contributed by atoms with Crippen LogP contribution in [-0.4, -0.2) is 84.2 Å². The molecule has 15 heteroatoms. The van der Waals surface area contributed by atoms with E-state index in [0.717, 1.165) is 16.7 Å². The molecule has 0 bridgehead atoms. The van der Waals surface area contributed by atoms with Crippen LogP contribution in [0.1, 0.15) is 87.3 Å². The second kappa shape index (κ2) is 17.9. The van der Waals surface area contributed by atoms with Crippen molar-refractivity contribution in [3.05, 3.63) is 18.2 Å². The highest BCUT2D eigenvalue weighted by Crippen LogP contribution is 2.23. The number of ether oxygens (including phenoxy) is 3. The number of rotatable bonds is 12. The number of alkyl carbamates (subject to hydrolysis) is 1. The summed E-state index contributed by atoms with van der Waals surface area (Å²) < 4.78 is 16.5. The van der Waals surface area contributed by atoms with Gasteiger partial charge in [0.1, 0.15) is 29.2 Å². The van der Waals surface area contributed by atoms with Crippen molar-refractivity contribution < 1.29 is 48.4 Å². The Hall–Kier alpha value is -2.94. The second-order valence-corrected chi connectivity index (χ2v) is 14.7. The van der Waals surface area contributed by atoms with E-state index in [1.807, 2.05) is 20.8 Å². The molecular weight excluding hydrogens is 590 g/mol. The smallest absolute Gasteiger partial charge is 0.419 e. The molecule has 0 spiro atoms. The van der Waals surface area contributed by atoms with Crippen molar-refractivity contribution in [2.45, 2.75) is 111 Å². The summed E-state index contributed by atoms with van der Waals surface area (Å²) in [5, 5.41) is 19.9. The molecule has 0 saturated heterocycles. The number of hydrogen-bond donors (Lipinski definition) is 3. The maximum atomic E-state index is 11.9. The quantitative estimate of drug-likeness (QED) is 0.119. The molecule has 0 aliphatic carbocycles. The Bertz CT molecular complexity index is 1040. The lowest BCUT2D eigenvalue weighted by atomic mass is 10.1. The van der Waals surface area contributed by atoms with Crippen molar-refractivity contribution in [2.24, 2.45) is 0 Å². The third kappa shape index (κ3) is 21.8. The maximum Gasteiger partial charge on any atom is 0.419 e. The Kier molecular flexibility index (Phi) is 16.6. The highest BCUT2D eigenvalue weighted by molar-refractivity contribution is 8.76. The second-order valence-electron chi connectivity index (χ2n) is 12.0. The topological polar surface area (TPSA) is 183 Å². The summed E-state index contributed by atoms with van der Waals surface area (Å²) in [7, 11) is 3.13. The molecule has 1 unspecified atom stereocenters. The number of carboxylic acid groups (broad SMARTS) is 2. The van der Waals surface area contributed by atoms with E-state index in [2.05, 4.69) is 10.3 Å². The highest BCUT2D eigenvalue weighted by atomic mass is 33.1. The third-order valence-corrected chi connectivity index (χ3v) is 6.65. The van der Waals surface area contributed by atoms with E-state index >= 15 is 0 Å². The normalized spacial score (nSPS) is 12.3. The fourth-order valence-corrected chi connectivity index (χ4v) is 4.72. The van der Waals surface area contributed by atoms with E-state index < -0.39 is 47.0 Å². The van der Waals surface area contributed by atoms with Crippen molar-refractivity contribution in [1.82, 2.24) is 14.9 Å². The number of aliphatic carboxylic acids is 2. The zero-order chi connectivity index (χ0) is 32.7. The number of carbonyl (C=O) groups is 5. The molecule has 1 heterocycles. The summed E-state index contributed by atoms with van der Waals surface area (Å²) in [6.45, 7) is 15.8. The Morgan fingerprint density at radius 3 is 1.90 bits per heavy atom. The van der Waals surface area contributed by atoms with E-state index in [-0.39, 0.29) is 18.8 Å². The summed E-state index contributed by atoms with van der Waals surface area (Å²) in [5.74, 6) is -0.742. The molecule has 1 atom stereocenters. The molecule has 1 aromatic rings. The first-order valence-corrected chi connectivity index (χ1v) is 15.7. The fourth-order valence-electron chi connectivity index (χ4n) is 2.66. The Morgan fingerprint density at radius 2 is 1.40 bits per heavy atom. The van der Waals surface area contributed by atoms with Crippen LogP contribution < -0.4 is 5.32 Å². The van der Waals surface area contributed by atoms with Gasteiger partial charge in [-0.15, -0.1) is 0 Å². The number of nitrogens with one attached hydrogen (secondary N) is 1. The summed E-state index contributed by atoms with van der Waals surface area (Å²) in [5.41, 5.74) is -1.51. The van der Waals surface area contributed by atoms with Crippen LogP contribution in [-0.2, 0) is 35.0 Å². The van der Waals surface area contributed by atoms with Gasteiger partial charge in [-0.3, -0.25) is 9.59 Å². The van der Waals surface area contributed by atoms with E-state index in [0.29, 0.717) is 17.9 Å². The molecule has 42 heavy (non-hydrogen) atoms. The first-order chi connectivity index (χ1) is 19.1. The fraction of sp³-hybridized carbons (Fsp3) is 0.704. The van der Waals surface area contributed by atoms with Crippen molar-refractivity contribution in [2.75, 3.05) is 11.5 Å². The highest BCUT2D eigenvalue weighted by Gasteiger charge is 2.26. The van der Waals surface area contributed by atoms with E-state index in [9.17, 15) is 29.1 Å². The molecule has 0 fully saturated rings. The van der Waals surface area contributed by atoms with Crippen LogP contribution in [0.25, 0.3) is 0 Å². The van der Waals surface area contributed by atoms with Gasteiger partial charge >= 0.3 is 30.1 Å². The largest absolute Gasteiger partial charge is 0.481 e. The molecule has 1 aromatic heterocycles. The van der Waals surface area contributed by atoms with Gasteiger partial charge in [0.15, 0.2) is 0 Å². The monoisotopic (exact) mass is 635 g/mol. The summed E-state index contributed by atoms with van der Waals surface area (Å²) in [4.78, 5) is 60.5. The lowest BCUT2D eigenvalue weighted by Crippen LogP contribution is -2.44. The molecule has 0 radical (unpaired) electrons. The van der Waals surface area contributed by atoms with Crippen molar-refractivity contribution >= 4 is 51.7 Å². The molecule has 0 aliphatic rings. The van der Waals surface area contributed by atoms with Gasteiger partial charge < -0.3 is 29.7 Å². The zero-order valence-corrected chi connectivity index (χ0v) is 27.5. The van der Waals surface area contributed by atoms with Crippen LogP contribution in [0.15, 0.2) is 12.5 Å². The maximum absolute atomic E-state index is 11.9. The number of esters is 1. The first-order valence-electron chi connectivity index (χ1n) is 13.2. The SMILES string of the molecule is CC(C)(C)OC(=O)CCCSSCCC(=O)O.CC(C)(C)OC(=O)NC(Cc1cn(C(=O)OC(C)(C)C)cn1)C(=O)O. The third-order valence-electron chi connectivity index (χ3n) is 4.15. The Morgan fingerprint density at radius 1 is 0.857 bits per heavy atom. The van der Waals surface area contributed by atoms with Crippen molar-refractivity contribution in [3.8, 4) is 0 Å². The number of carboxylic acids is 2. The minimum absolute atomic E-state index is 0.107. The summed E-state index contributed by atoms with van der Waals surface area (Å²) in [6.07, 6.45) is 2.39. The number of imidazole rings is 1. The number of aromatic nitrogens is 2. The van der Waals surface area contributed by atoms with Crippen LogP contribution in [0.3, 0.4) is 0 Å². The van der Waals surface area contributed by atoms with Gasteiger partial charge in [0.25, 0.3) is 0 Å². The van der Waals surface area contributed by atoms with Crippen molar-refractivity contribution in [3.63, 3.8) is 0 Å². The van der Waals surface area contributed by atoms with Gasteiger partial charge in [-0.2, -0.15) is 0 Å². The van der Waals surface area contributed by atoms with E-state index in [4.69, 9.17) is 19.3 Å². The van der Waals surface area contributed by atoms with Gasteiger partial charge in [-0.25, -0.2) is 23.9 Å². The Labute approximate surface area is 255 Å². The average molecular weight is 636 g/mol. The van der Waals surface area contributed by atoms with Crippen LogP contribution >= 0.6 is 21.6 Å². The molecule has 3 N–H and O–H groups in total. The number of carbonyl (C=O) groups excluding carboxylic acids is 3. The molecule has 1 amide bonds. The minimum Gasteiger partial charge on any atom is -0.481 e. The summed E-state index contributed by atoms with van der Waals surface area (Å²) >= 11 is 0. The summed E-state index contributed by atoms with van der Waals surface area (Å²) in [6, 6.07) is -1.24.